The van der Waals surface area contributed by atoms with Crippen molar-refractivity contribution in [1.82, 2.24) is 9.62 Å². The topological polar surface area (TPSA) is 78.5 Å². The van der Waals surface area contributed by atoms with Crippen molar-refractivity contribution in [3.8, 4) is 0 Å². The van der Waals surface area contributed by atoms with Crippen molar-refractivity contribution in [2.45, 2.75) is 68.8 Å². The van der Waals surface area contributed by atoms with Crippen molar-refractivity contribution < 1.29 is 17.6 Å². The molecule has 34 heavy (non-hydrogen) atoms. The Balaban J connectivity index is 1.50. The third-order valence-corrected chi connectivity index (χ3v) is 8.88. The second-order valence-electron chi connectivity index (χ2n) is 9.58. The number of amides is 1. The Labute approximate surface area is 202 Å². The van der Waals surface area contributed by atoms with E-state index in [1.165, 1.54) is 18.6 Å². The van der Waals surface area contributed by atoms with Gasteiger partial charge < -0.3 is 10.6 Å². The number of halogens is 1. The number of sulfonamides is 1. The first-order valence-corrected chi connectivity index (χ1v) is 13.7. The zero-order chi connectivity index (χ0) is 24.1. The maximum atomic E-state index is 13.5. The van der Waals surface area contributed by atoms with Gasteiger partial charge in [-0.25, -0.2) is 12.8 Å². The summed E-state index contributed by atoms with van der Waals surface area (Å²) in [6, 6.07) is 11.8. The molecule has 2 aromatic carbocycles. The smallest absolute Gasteiger partial charge is 0.247 e. The molecule has 2 aromatic rings. The van der Waals surface area contributed by atoms with Gasteiger partial charge in [0.25, 0.3) is 0 Å². The Morgan fingerprint density at radius 3 is 2.18 bits per heavy atom. The molecule has 0 radical (unpaired) electrons. The molecule has 1 aliphatic heterocycles. The van der Waals surface area contributed by atoms with Gasteiger partial charge in [-0.1, -0.05) is 38.3 Å². The lowest BCUT2D eigenvalue weighted by molar-refractivity contribution is -0.122. The molecule has 2 aliphatic rings. The zero-order valence-corrected chi connectivity index (χ0v) is 20.5. The predicted octanol–water partition coefficient (Wildman–Crippen LogP) is 4.85. The minimum atomic E-state index is -3.54. The van der Waals surface area contributed by atoms with Gasteiger partial charge in [-0.3, -0.25) is 4.79 Å². The van der Waals surface area contributed by atoms with Crippen molar-refractivity contribution in [1.29, 1.82) is 0 Å². The third-order valence-electron chi connectivity index (χ3n) is 6.96. The Hall–Kier alpha value is -2.45. The van der Waals surface area contributed by atoms with Gasteiger partial charge >= 0.3 is 0 Å². The normalized spacial score (nSPS) is 19.5. The lowest BCUT2D eigenvalue weighted by atomic mass is 9.95. The Morgan fingerprint density at radius 2 is 1.56 bits per heavy atom. The molecule has 2 fully saturated rings. The van der Waals surface area contributed by atoms with Gasteiger partial charge in [-0.05, 0) is 73.6 Å². The highest BCUT2D eigenvalue weighted by Crippen LogP contribution is 2.27. The molecule has 4 rings (SSSR count). The van der Waals surface area contributed by atoms with Gasteiger partial charge in [0.2, 0.25) is 15.9 Å². The summed E-state index contributed by atoms with van der Waals surface area (Å²) < 4.78 is 41.1. The van der Waals surface area contributed by atoms with Gasteiger partial charge in [-0.2, -0.15) is 4.31 Å². The maximum Gasteiger partial charge on any atom is 0.247 e. The number of carbonyl (C=O) groups is 1. The van der Waals surface area contributed by atoms with Crippen molar-refractivity contribution >= 4 is 21.6 Å². The number of nitrogens with zero attached hydrogens (tertiary/aromatic N) is 1. The van der Waals surface area contributed by atoms with Crippen LogP contribution in [0.1, 0.15) is 63.5 Å². The number of nitrogens with one attached hydrogen (secondary N) is 2. The summed E-state index contributed by atoms with van der Waals surface area (Å²) in [7, 11) is -3.54. The van der Waals surface area contributed by atoms with Crippen LogP contribution in [0.2, 0.25) is 0 Å². The fraction of sp³-hybridized carbons (Fsp3) is 0.500. The first-order valence-electron chi connectivity index (χ1n) is 12.3. The van der Waals surface area contributed by atoms with Gasteiger partial charge in [0.15, 0.2) is 0 Å². The van der Waals surface area contributed by atoms with E-state index in [1.54, 1.807) is 40.7 Å². The predicted molar refractivity (Wildman–Crippen MR) is 131 cm³/mol. The van der Waals surface area contributed by atoms with Gasteiger partial charge in [0.05, 0.1) is 4.90 Å². The van der Waals surface area contributed by atoms with E-state index < -0.39 is 16.1 Å². The van der Waals surface area contributed by atoms with E-state index in [2.05, 4.69) is 17.6 Å². The summed E-state index contributed by atoms with van der Waals surface area (Å²) in [6.45, 7) is 3.22. The maximum absolute atomic E-state index is 13.5. The van der Waals surface area contributed by atoms with Crippen molar-refractivity contribution in [2.24, 2.45) is 5.92 Å². The molecule has 1 heterocycles. The van der Waals surface area contributed by atoms with E-state index in [0.717, 1.165) is 38.5 Å². The lowest BCUT2D eigenvalue weighted by Gasteiger charge is -2.29. The van der Waals surface area contributed by atoms with Crippen molar-refractivity contribution in [3.05, 3.63) is 59.9 Å². The van der Waals surface area contributed by atoms with E-state index in [0.29, 0.717) is 30.3 Å². The molecule has 0 spiro atoms. The van der Waals surface area contributed by atoms with Crippen LogP contribution in [0.25, 0.3) is 0 Å². The average Bonchev–Trinajstić information content (AvgIpc) is 2.84. The molecule has 0 bridgehead atoms. The number of benzene rings is 2. The molecule has 6 nitrogen and oxygen atoms in total. The molecular weight excluding hydrogens is 453 g/mol. The Kier molecular flexibility index (Phi) is 7.88. The minimum absolute atomic E-state index is 0.144. The summed E-state index contributed by atoms with van der Waals surface area (Å²) in [6.07, 6.45) is 7.06. The third kappa shape index (κ3) is 5.96. The van der Waals surface area contributed by atoms with E-state index in [4.69, 9.17) is 0 Å². The summed E-state index contributed by atoms with van der Waals surface area (Å²) in [5.41, 5.74) is 1.27. The lowest BCUT2D eigenvalue weighted by Crippen LogP contribution is -2.41. The van der Waals surface area contributed by atoms with E-state index in [9.17, 15) is 17.6 Å². The number of carbonyl (C=O) groups excluding carboxylic acids is 1. The second-order valence-corrected chi connectivity index (χ2v) is 11.5. The molecule has 1 saturated heterocycles. The highest BCUT2D eigenvalue weighted by molar-refractivity contribution is 7.89. The van der Waals surface area contributed by atoms with Crippen LogP contribution in [0.3, 0.4) is 0 Å². The van der Waals surface area contributed by atoms with Crippen molar-refractivity contribution in [3.63, 3.8) is 0 Å². The molecular formula is C26H34FN3O3S. The Bertz CT molecular complexity index is 1060. The molecule has 1 amide bonds. The summed E-state index contributed by atoms with van der Waals surface area (Å²) in [4.78, 5) is 13.4. The minimum Gasteiger partial charge on any atom is -0.370 e. The van der Waals surface area contributed by atoms with Gasteiger partial charge in [0, 0.05) is 24.8 Å². The van der Waals surface area contributed by atoms with E-state index in [1.807, 2.05) is 0 Å². The quantitative estimate of drug-likeness (QED) is 0.585. The molecule has 8 heteroatoms. The van der Waals surface area contributed by atoms with E-state index in [-0.39, 0.29) is 22.7 Å². The van der Waals surface area contributed by atoms with Crippen LogP contribution in [0.4, 0.5) is 10.1 Å². The zero-order valence-electron chi connectivity index (χ0n) is 19.7. The number of anilines is 1. The number of piperidine rings is 1. The molecule has 2 N–H and O–H groups in total. The molecule has 184 valence electrons. The summed E-state index contributed by atoms with van der Waals surface area (Å²) >= 11 is 0. The van der Waals surface area contributed by atoms with Crippen LogP contribution in [0.5, 0.6) is 0 Å². The second kappa shape index (κ2) is 10.9. The van der Waals surface area contributed by atoms with Crippen LogP contribution < -0.4 is 10.6 Å². The standard InChI is InChI=1S/C26H34FN3O3S/c1-19-15-17-30(18-16-19)34(32,33)24-13-11-23(12-14-24)28-25(20-7-9-21(27)10-8-20)26(31)29-22-5-3-2-4-6-22/h7-14,19,22,25,28H,2-6,15-18H2,1H3,(H,29,31)/t25-/m1/s1. The van der Waals surface area contributed by atoms with Crippen LogP contribution in [0, 0.1) is 11.7 Å². The Morgan fingerprint density at radius 1 is 0.941 bits per heavy atom. The number of hydrogen-bond donors (Lipinski definition) is 2. The SMILES string of the molecule is CC1CCN(S(=O)(=O)c2ccc(N[C@@H](C(=O)NC3CCCCC3)c3ccc(F)cc3)cc2)CC1. The summed E-state index contributed by atoms with van der Waals surface area (Å²) in [5.74, 6) is 0.00988. The molecule has 0 aromatic heterocycles. The fourth-order valence-corrected chi connectivity index (χ4v) is 6.22. The van der Waals surface area contributed by atoms with E-state index >= 15 is 0 Å². The van der Waals surface area contributed by atoms with Crippen LogP contribution >= 0.6 is 0 Å². The van der Waals surface area contributed by atoms with Crippen LogP contribution in [0.15, 0.2) is 53.4 Å². The average molecular weight is 488 g/mol. The van der Waals surface area contributed by atoms with Crippen LogP contribution in [-0.4, -0.2) is 37.8 Å². The van der Waals surface area contributed by atoms with Crippen molar-refractivity contribution in [2.75, 3.05) is 18.4 Å². The fourth-order valence-electron chi connectivity index (χ4n) is 4.75. The largest absolute Gasteiger partial charge is 0.370 e. The van der Waals surface area contributed by atoms with Crippen LogP contribution in [-0.2, 0) is 14.8 Å². The molecule has 1 atom stereocenters. The highest BCUT2D eigenvalue weighted by atomic mass is 32.2. The first-order chi connectivity index (χ1) is 16.3. The number of hydrogen-bond acceptors (Lipinski definition) is 4. The van der Waals surface area contributed by atoms with Gasteiger partial charge in [-0.15, -0.1) is 0 Å². The molecule has 0 unspecified atom stereocenters. The first kappa shape index (κ1) is 24.7. The molecule has 1 saturated carbocycles. The summed E-state index contributed by atoms with van der Waals surface area (Å²) in [5, 5.41) is 6.36. The van der Waals surface area contributed by atoms with Gasteiger partial charge in [0.1, 0.15) is 11.9 Å². The highest BCUT2D eigenvalue weighted by Gasteiger charge is 2.28. The monoisotopic (exact) mass is 487 g/mol. The number of rotatable bonds is 7. The molecule has 1 aliphatic carbocycles.